The monoisotopic (exact) mass is 648 g/mol. The molecule has 0 atom stereocenters. The van der Waals surface area contributed by atoms with E-state index < -0.39 is 32.2 Å². The van der Waals surface area contributed by atoms with Crippen molar-refractivity contribution in [1.82, 2.24) is 0 Å². The molecule has 0 amide bonds. The number of esters is 2. The van der Waals surface area contributed by atoms with Crippen molar-refractivity contribution in [2.75, 3.05) is 32.7 Å². The quantitative estimate of drug-likeness (QED) is 0.0879. The maximum atomic E-state index is 12.6. The smallest absolute Gasteiger partial charge is 0.343 e. The molecule has 0 aliphatic heterocycles. The summed E-state index contributed by atoms with van der Waals surface area (Å²) in [6.45, 7) is 5.27. The Kier molecular flexibility index (Phi) is 12.5. The first kappa shape index (κ1) is 34.3. The molecule has 0 unspecified atom stereocenters. The van der Waals surface area contributed by atoms with Crippen molar-refractivity contribution in [3.63, 3.8) is 0 Å². The third kappa shape index (κ3) is 11.8. The molecular weight excluding hydrogens is 616 g/mol. The average molecular weight is 649 g/mol. The summed E-state index contributed by atoms with van der Waals surface area (Å²) in [6.07, 6.45) is 1.68. The summed E-state index contributed by atoms with van der Waals surface area (Å²) in [5, 5.41) is 0.727. The number of benzene rings is 3. The molecule has 0 aliphatic rings. The normalized spacial score (nSPS) is 11.4. The zero-order valence-electron chi connectivity index (χ0n) is 24.1. The number of hydrogen-bond acceptors (Lipinski definition) is 12. The van der Waals surface area contributed by atoms with Gasteiger partial charge in [0.2, 0.25) is 0 Å². The molecule has 0 saturated carbocycles. The van der Waals surface area contributed by atoms with Crippen LogP contribution in [0.1, 0.15) is 39.1 Å². The molecule has 0 fully saturated rings. The van der Waals surface area contributed by atoms with E-state index in [1.165, 1.54) is 36.4 Å². The molecule has 3 aromatic rings. The Hall–Kier alpha value is -4.24. The molecule has 0 heterocycles. The fourth-order valence-electron chi connectivity index (χ4n) is 3.43. The molecule has 0 spiro atoms. The van der Waals surface area contributed by atoms with Crippen LogP contribution in [-0.2, 0) is 28.6 Å². The molecular formula is C30H32O12S2. The van der Waals surface area contributed by atoms with E-state index in [1.54, 1.807) is 37.3 Å². The topological polar surface area (TPSA) is 158 Å². The van der Waals surface area contributed by atoms with Gasteiger partial charge in [0.1, 0.15) is 23.0 Å². The second-order valence-corrected chi connectivity index (χ2v) is 12.4. The van der Waals surface area contributed by atoms with Crippen LogP contribution in [-0.4, -0.2) is 61.5 Å². The predicted molar refractivity (Wildman–Crippen MR) is 160 cm³/mol. The largest absolute Gasteiger partial charge is 0.494 e. The third-order valence-corrected chi connectivity index (χ3v) is 7.10. The second-order valence-electron chi connectivity index (χ2n) is 9.17. The van der Waals surface area contributed by atoms with Crippen LogP contribution >= 0.6 is 0 Å². The van der Waals surface area contributed by atoms with E-state index in [9.17, 15) is 26.4 Å². The van der Waals surface area contributed by atoms with Gasteiger partial charge in [0, 0.05) is 12.8 Å². The van der Waals surface area contributed by atoms with Gasteiger partial charge in [-0.3, -0.25) is 8.37 Å². The number of carbonyl (C=O) groups is 2. The van der Waals surface area contributed by atoms with Crippen LogP contribution in [0.5, 0.6) is 23.0 Å². The molecule has 0 N–H and O–H groups in total. The standard InChI is InChI=1S/C30H32O12S2/c1-4-44(35,36)40-20-6-18-38-25-11-7-23(8-12-25)29(31)41-27-15-16-28(22(2)21-27)42-30(32)24-9-13-26(14-10-24)37-17-5-19-39-43(3,33)34/h4,7-16,21H,1,5-6,17-20H2,2-3H3. The predicted octanol–water partition coefficient (Wildman–Crippen LogP) is 4.44. The molecule has 0 saturated heterocycles. The van der Waals surface area contributed by atoms with E-state index in [1.807, 2.05) is 0 Å². The molecule has 14 heteroatoms. The van der Waals surface area contributed by atoms with Gasteiger partial charge in [-0.2, -0.15) is 16.8 Å². The fraction of sp³-hybridized carbons (Fsp3) is 0.267. The maximum Gasteiger partial charge on any atom is 0.343 e. The highest BCUT2D eigenvalue weighted by molar-refractivity contribution is 7.89. The van der Waals surface area contributed by atoms with Crippen LogP contribution in [0.3, 0.4) is 0 Å². The number of hydrogen-bond donors (Lipinski definition) is 0. The average Bonchev–Trinajstić information content (AvgIpc) is 2.98. The fourth-order valence-corrected chi connectivity index (χ4v) is 4.30. The van der Waals surface area contributed by atoms with E-state index in [4.69, 9.17) is 18.9 Å². The highest BCUT2D eigenvalue weighted by Gasteiger charge is 2.14. The van der Waals surface area contributed by atoms with Crippen molar-refractivity contribution < 1.29 is 53.7 Å². The zero-order valence-corrected chi connectivity index (χ0v) is 25.7. The zero-order chi connectivity index (χ0) is 32.2. The number of ether oxygens (including phenoxy) is 4. The summed E-state index contributed by atoms with van der Waals surface area (Å²) in [5.41, 5.74) is 1.13. The lowest BCUT2D eigenvalue weighted by molar-refractivity contribution is 0.0718. The van der Waals surface area contributed by atoms with Crippen LogP contribution in [0.15, 0.2) is 78.7 Å². The van der Waals surface area contributed by atoms with E-state index in [2.05, 4.69) is 14.9 Å². The molecule has 0 radical (unpaired) electrons. The maximum absolute atomic E-state index is 12.6. The first-order chi connectivity index (χ1) is 20.8. The van der Waals surface area contributed by atoms with Crippen LogP contribution < -0.4 is 18.9 Å². The van der Waals surface area contributed by atoms with Gasteiger partial charge < -0.3 is 18.9 Å². The SMILES string of the molecule is C=CS(=O)(=O)OCCCOc1ccc(C(=O)Oc2ccc(OC(=O)c3ccc(OCCCOS(C)(=O)=O)cc3)c(C)c2)cc1. The van der Waals surface area contributed by atoms with Gasteiger partial charge >= 0.3 is 11.9 Å². The van der Waals surface area contributed by atoms with Crippen molar-refractivity contribution in [3.8, 4) is 23.0 Å². The van der Waals surface area contributed by atoms with Crippen molar-refractivity contribution in [2.24, 2.45) is 0 Å². The molecule has 44 heavy (non-hydrogen) atoms. The lowest BCUT2D eigenvalue weighted by atomic mass is 10.2. The summed E-state index contributed by atoms with van der Waals surface area (Å²) in [6, 6.07) is 17.1. The van der Waals surface area contributed by atoms with Crippen molar-refractivity contribution in [3.05, 3.63) is 95.4 Å². The van der Waals surface area contributed by atoms with Crippen molar-refractivity contribution >= 4 is 32.2 Å². The minimum absolute atomic E-state index is 0.0108. The number of rotatable bonds is 17. The van der Waals surface area contributed by atoms with Crippen LogP contribution in [0.4, 0.5) is 0 Å². The number of aryl methyl sites for hydroxylation is 1. The van der Waals surface area contributed by atoms with Crippen LogP contribution in [0.25, 0.3) is 0 Å². The summed E-state index contributed by atoms with van der Waals surface area (Å²) in [4.78, 5) is 25.2. The Balaban J connectivity index is 1.45. The Morgan fingerprint density at radius 3 is 1.64 bits per heavy atom. The van der Waals surface area contributed by atoms with E-state index >= 15 is 0 Å². The molecule has 0 bridgehead atoms. The molecule has 0 aliphatic carbocycles. The summed E-state index contributed by atoms with van der Waals surface area (Å²) in [5.74, 6) is 0.321. The summed E-state index contributed by atoms with van der Waals surface area (Å²) in [7, 11) is -7.21. The van der Waals surface area contributed by atoms with Crippen LogP contribution in [0, 0.1) is 6.92 Å². The van der Waals surface area contributed by atoms with Gasteiger partial charge in [0.05, 0.1) is 49.2 Å². The van der Waals surface area contributed by atoms with Gasteiger partial charge in [0.25, 0.3) is 20.2 Å². The van der Waals surface area contributed by atoms with Crippen LogP contribution in [0.2, 0.25) is 0 Å². The molecule has 12 nitrogen and oxygen atoms in total. The second kappa shape index (κ2) is 16.0. The van der Waals surface area contributed by atoms with Crippen molar-refractivity contribution in [1.29, 1.82) is 0 Å². The highest BCUT2D eigenvalue weighted by atomic mass is 32.2. The van der Waals surface area contributed by atoms with Gasteiger partial charge in [0.15, 0.2) is 0 Å². The summed E-state index contributed by atoms with van der Waals surface area (Å²) < 4.78 is 75.6. The molecule has 3 aromatic carbocycles. The van der Waals surface area contributed by atoms with E-state index in [0.717, 1.165) is 11.7 Å². The van der Waals surface area contributed by atoms with Gasteiger partial charge in [-0.1, -0.05) is 6.58 Å². The Labute approximate surface area is 256 Å². The molecule has 3 rings (SSSR count). The lowest BCUT2D eigenvalue weighted by Crippen LogP contribution is -2.11. The van der Waals surface area contributed by atoms with Gasteiger partial charge in [-0.05, 0) is 79.2 Å². The number of carbonyl (C=O) groups excluding carboxylic acids is 2. The van der Waals surface area contributed by atoms with Gasteiger partial charge in [-0.15, -0.1) is 0 Å². The minimum Gasteiger partial charge on any atom is -0.494 e. The highest BCUT2D eigenvalue weighted by Crippen LogP contribution is 2.26. The first-order valence-corrected chi connectivity index (χ1v) is 16.5. The third-order valence-electron chi connectivity index (χ3n) is 5.60. The van der Waals surface area contributed by atoms with E-state index in [-0.39, 0.29) is 49.1 Å². The minimum atomic E-state index is -3.72. The first-order valence-electron chi connectivity index (χ1n) is 13.2. The van der Waals surface area contributed by atoms with E-state index in [0.29, 0.717) is 29.9 Å². The Morgan fingerprint density at radius 1 is 0.682 bits per heavy atom. The van der Waals surface area contributed by atoms with Crippen molar-refractivity contribution in [2.45, 2.75) is 19.8 Å². The van der Waals surface area contributed by atoms with Gasteiger partial charge in [-0.25, -0.2) is 9.59 Å². The Morgan fingerprint density at radius 2 is 1.16 bits per heavy atom. The lowest BCUT2D eigenvalue weighted by Gasteiger charge is -2.11. The molecule has 236 valence electrons. The molecule has 0 aromatic heterocycles. The Bertz CT molecular complexity index is 1650. The summed E-state index contributed by atoms with van der Waals surface area (Å²) >= 11 is 0.